The molecule has 1 saturated heterocycles. The average molecular weight is 471 g/mol. The predicted octanol–water partition coefficient (Wildman–Crippen LogP) is 5.82. The Morgan fingerprint density at radius 1 is 1.09 bits per heavy atom. The first kappa shape index (κ1) is 22.9. The highest BCUT2D eigenvalue weighted by molar-refractivity contribution is 6.15. The number of ether oxygens (including phenoxy) is 2. The Balaban J connectivity index is 1.39. The second-order valence-electron chi connectivity index (χ2n) is 8.69. The van der Waals surface area contributed by atoms with Crippen LogP contribution in [0.4, 0.5) is 10.5 Å². The van der Waals surface area contributed by atoms with Crippen LogP contribution in [0.15, 0.2) is 71.1 Å². The summed E-state index contributed by atoms with van der Waals surface area (Å²) in [5.41, 5.74) is 3.28. The molecule has 3 aromatic carbocycles. The molecule has 1 aliphatic heterocycles. The molecule has 2 heterocycles. The number of likely N-dealkylation sites (tertiary alicyclic amines) is 1. The van der Waals surface area contributed by atoms with Crippen LogP contribution in [-0.2, 0) is 4.74 Å². The van der Waals surface area contributed by atoms with Crippen LogP contribution in [0.2, 0.25) is 0 Å². The number of fused-ring (bicyclic) bond motifs is 3. The van der Waals surface area contributed by atoms with E-state index in [0.717, 1.165) is 41.7 Å². The van der Waals surface area contributed by atoms with Crippen molar-refractivity contribution >= 4 is 33.7 Å². The molecule has 5 rings (SSSR count). The number of hydrogen-bond donors (Lipinski definition) is 1. The maximum absolute atomic E-state index is 12.9. The number of carbonyl (C=O) groups excluding carboxylic acids is 1. The highest BCUT2D eigenvalue weighted by atomic mass is 16.5. The number of rotatable bonds is 6. The SMILES string of the molecule is COCCN1CC(C#[N+]C(=O)Nc2cccc3oc4ccc(OC)cc4c23)[C@H](c2ccccc2)C1. The van der Waals surface area contributed by atoms with Gasteiger partial charge in [-0.05, 0) is 35.9 Å². The van der Waals surface area contributed by atoms with Gasteiger partial charge in [-0.25, -0.2) is 0 Å². The molecule has 0 aliphatic carbocycles. The summed E-state index contributed by atoms with van der Waals surface area (Å²) < 4.78 is 16.6. The zero-order valence-corrected chi connectivity index (χ0v) is 19.9. The molecule has 1 aromatic heterocycles. The molecule has 2 amide bonds. The van der Waals surface area contributed by atoms with Crippen molar-refractivity contribution in [3.8, 4) is 11.8 Å². The van der Waals surface area contributed by atoms with Crippen LogP contribution in [0.1, 0.15) is 11.5 Å². The topological polar surface area (TPSA) is 68.3 Å². The normalized spacial score (nSPS) is 17.9. The van der Waals surface area contributed by atoms with E-state index in [2.05, 4.69) is 33.3 Å². The first-order valence-corrected chi connectivity index (χ1v) is 11.7. The molecule has 4 aromatic rings. The number of urea groups is 1. The van der Waals surface area contributed by atoms with Gasteiger partial charge in [0.05, 0.1) is 25.0 Å². The van der Waals surface area contributed by atoms with Gasteiger partial charge in [-0.3, -0.25) is 4.90 Å². The lowest BCUT2D eigenvalue weighted by molar-refractivity contribution is 0.159. The highest BCUT2D eigenvalue weighted by Crippen LogP contribution is 2.36. The maximum atomic E-state index is 12.9. The minimum atomic E-state index is -0.461. The van der Waals surface area contributed by atoms with Gasteiger partial charge in [0.25, 0.3) is 0 Å². The van der Waals surface area contributed by atoms with E-state index in [0.29, 0.717) is 17.9 Å². The Morgan fingerprint density at radius 3 is 2.74 bits per heavy atom. The molecule has 0 saturated carbocycles. The van der Waals surface area contributed by atoms with Gasteiger partial charge >= 0.3 is 6.03 Å². The Kier molecular flexibility index (Phi) is 6.66. The van der Waals surface area contributed by atoms with Crippen LogP contribution in [0.25, 0.3) is 26.8 Å². The fraction of sp³-hybridized carbons (Fsp3) is 0.286. The number of furan rings is 1. The largest absolute Gasteiger partial charge is 0.603 e. The Labute approximate surface area is 204 Å². The lowest BCUT2D eigenvalue weighted by Gasteiger charge is -2.15. The van der Waals surface area contributed by atoms with Crippen molar-refractivity contribution in [3.63, 3.8) is 0 Å². The van der Waals surface area contributed by atoms with E-state index in [1.807, 2.05) is 54.6 Å². The van der Waals surface area contributed by atoms with E-state index in [1.165, 1.54) is 5.56 Å². The lowest BCUT2D eigenvalue weighted by atomic mass is 9.90. The van der Waals surface area contributed by atoms with E-state index in [1.54, 1.807) is 14.2 Å². The summed E-state index contributed by atoms with van der Waals surface area (Å²) in [6.07, 6.45) is 0. The number of amides is 2. The Hall–Kier alpha value is -3.86. The minimum absolute atomic E-state index is 0.00909. The van der Waals surface area contributed by atoms with Crippen LogP contribution in [-0.4, -0.2) is 51.4 Å². The minimum Gasteiger partial charge on any atom is -0.497 e. The summed E-state index contributed by atoms with van der Waals surface area (Å²) in [5, 5.41) is 4.61. The van der Waals surface area contributed by atoms with E-state index in [4.69, 9.17) is 13.9 Å². The lowest BCUT2D eigenvalue weighted by Crippen LogP contribution is -2.25. The van der Waals surface area contributed by atoms with Gasteiger partial charge < -0.3 is 13.9 Å². The third kappa shape index (κ3) is 4.85. The van der Waals surface area contributed by atoms with Gasteiger partial charge in [0.1, 0.15) is 22.6 Å². The molecule has 7 heteroatoms. The first-order valence-electron chi connectivity index (χ1n) is 11.7. The summed E-state index contributed by atoms with van der Waals surface area (Å²) >= 11 is 0. The molecule has 35 heavy (non-hydrogen) atoms. The summed E-state index contributed by atoms with van der Waals surface area (Å²) in [5.74, 6) is 0.951. The number of carbonyl (C=O) groups is 1. The quantitative estimate of drug-likeness (QED) is 0.385. The second kappa shape index (κ2) is 10.2. The van der Waals surface area contributed by atoms with Crippen LogP contribution >= 0.6 is 0 Å². The van der Waals surface area contributed by atoms with Gasteiger partial charge in [-0.2, -0.15) is 10.1 Å². The molecule has 1 N–H and O–H groups in total. The second-order valence-corrected chi connectivity index (χ2v) is 8.69. The fourth-order valence-corrected chi connectivity index (χ4v) is 4.78. The third-order valence-corrected chi connectivity index (χ3v) is 6.51. The van der Waals surface area contributed by atoms with Crippen LogP contribution in [0.5, 0.6) is 5.75 Å². The van der Waals surface area contributed by atoms with Crippen molar-refractivity contribution in [2.75, 3.05) is 45.8 Å². The van der Waals surface area contributed by atoms with Crippen molar-refractivity contribution in [1.29, 1.82) is 0 Å². The molecule has 1 fully saturated rings. The molecule has 0 spiro atoms. The van der Waals surface area contributed by atoms with Gasteiger partial charge in [-0.1, -0.05) is 36.4 Å². The monoisotopic (exact) mass is 470 g/mol. The molecule has 178 valence electrons. The number of nitrogens with zero attached hydrogens (tertiary/aromatic N) is 2. The third-order valence-electron chi connectivity index (χ3n) is 6.51. The number of benzene rings is 3. The van der Waals surface area contributed by atoms with Crippen molar-refractivity contribution in [2.45, 2.75) is 5.92 Å². The number of anilines is 1. The van der Waals surface area contributed by atoms with Gasteiger partial charge in [0.2, 0.25) is 0 Å². The molecular weight excluding hydrogens is 442 g/mol. The van der Waals surface area contributed by atoms with Crippen molar-refractivity contribution < 1.29 is 18.7 Å². The van der Waals surface area contributed by atoms with Gasteiger partial charge in [-0.15, -0.1) is 4.85 Å². The highest BCUT2D eigenvalue weighted by Gasteiger charge is 2.35. The first-order chi connectivity index (χ1) is 17.2. The zero-order valence-electron chi connectivity index (χ0n) is 19.9. The molecular formula is C28H28N3O4+. The standard InChI is InChI=1S/C28H27N3O4/c1-33-14-13-31-17-20(23(18-31)19-7-4-3-5-8-19)16-29-28(32)30-24-9-6-10-26-27(24)22-15-21(34-2)11-12-25(22)35-26/h3-12,15,20,23H,13-14,17-18H2,1-2H3/p+1/t20?,23-/m0/s1. The van der Waals surface area contributed by atoms with E-state index in [9.17, 15) is 4.79 Å². The molecule has 0 bridgehead atoms. The summed E-state index contributed by atoms with van der Waals surface area (Å²) in [4.78, 5) is 19.4. The number of methoxy groups -OCH3 is 2. The summed E-state index contributed by atoms with van der Waals surface area (Å²) in [6.45, 7) is 3.16. The van der Waals surface area contributed by atoms with Crippen molar-refractivity contribution in [3.05, 3.63) is 77.1 Å². The molecule has 0 radical (unpaired) electrons. The van der Waals surface area contributed by atoms with Crippen molar-refractivity contribution in [1.82, 2.24) is 4.90 Å². The maximum Gasteiger partial charge on any atom is 0.603 e. The van der Waals surface area contributed by atoms with Gasteiger partial charge in [0.15, 0.2) is 6.07 Å². The zero-order chi connectivity index (χ0) is 24.2. The molecule has 7 nitrogen and oxygen atoms in total. The molecule has 1 aliphatic rings. The smallest absolute Gasteiger partial charge is 0.497 e. The Bertz CT molecular complexity index is 1400. The molecule has 2 atom stereocenters. The van der Waals surface area contributed by atoms with Crippen molar-refractivity contribution in [2.24, 2.45) is 5.92 Å². The van der Waals surface area contributed by atoms with E-state index in [-0.39, 0.29) is 11.8 Å². The predicted molar refractivity (Wildman–Crippen MR) is 138 cm³/mol. The average Bonchev–Trinajstić information content (AvgIpc) is 3.48. The molecule has 1 unspecified atom stereocenters. The van der Waals surface area contributed by atoms with E-state index >= 15 is 0 Å². The van der Waals surface area contributed by atoms with Crippen LogP contribution in [0, 0.1) is 12.0 Å². The fourth-order valence-electron chi connectivity index (χ4n) is 4.78. The number of hydrogen-bond acceptors (Lipinski definition) is 5. The number of nitrogens with one attached hydrogen (secondary N) is 1. The van der Waals surface area contributed by atoms with Gasteiger partial charge in [0, 0.05) is 38.0 Å². The van der Waals surface area contributed by atoms with E-state index < -0.39 is 6.03 Å². The summed E-state index contributed by atoms with van der Waals surface area (Å²) in [6, 6.07) is 24.2. The summed E-state index contributed by atoms with van der Waals surface area (Å²) in [7, 11) is 3.33. The van der Waals surface area contributed by atoms with Crippen LogP contribution in [0.3, 0.4) is 0 Å². The Morgan fingerprint density at radius 2 is 1.94 bits per heavy atom. The van der Waals surface area contributed by atoms with Crippen LogP contribution < -0.4 is 10.1 Å².